The molecule has 100 valence electrons. The Hall–Kier alpha value is -1.84. The Morgan fingerprint density at radius 1 is 1.16 bits per heavy atom. The number of aryl methyl sites for hydroxylation is 2. The molecule has 0 spiro atoms. The minimum atomic E-state index is 0.607. The largest absolute Gasteiger partial charge is 0.353 e. The fourth-order valence-electron chi connectivity index (χ4n) is 2.66. The first-order valence-electron chi connectivity index (χ1n) is 7.09. The third-order valence-electron chi connectivity index (χ3n) is 3.74. The summed E-state index contributed by atoms with van der Waals surface area (Å²) < 4.78 is 2.19. The van der Waals surface area contributed by atoms with Gasteiger partial charge in [-0.1, -0.05) is 18.9 Å². The van der Waals surface area contributed by atoms with E-state index >= 15 is 0 Å². The second-order valence-corrected chi connectivity index (χ2v) is 5.14. The zero-order valence-electron chi connectivity index (χ0n) is 11.1. The Balaban J connectivity index is 1.60. The molecular weight excluding hydrogens is 236 g/mol. The van der Waals surface area contributed by atoms with Crippen LogP contribution in [0.1, 0.15) is 31.4 Å². The van der Waals surface area contributed by atoms with E-state index < -0.39 is 0 Å². The van der Waals surface area contributed by atoms with Crippen LogP contribution in [0.25, 0.3) is 0 Å². The maximum Gasteiger partial charge on any atom is 0.202 e. The van der Waals surface area contributed by atoms with Crippen molar-refractivity contribution in [2.45, 2.75) is 44.7 Å². The van der Waals surface area contributed by atoms with Crippen molar-refractivity contribution in [3.63, 3.8) is 0 Å². The monoisotopic (exact) mass is 256 g/mol. The van der Waals surface area contributed by atoms with Gasteiger partial charge in [0.25, 0.3) is 0 Å². The van der Waals surface area contributed by atoms with E-state index in [-0.39, 0.29) is 0 Å². The molecule has 2 aromatic heterocycles. The van der Waals surface area contributed by atoms with Crippen molar-refractivity contribution < 1.29 is 0 Å². The van der Waals surface area contributed by atoms with Crippen molar-refractivity contribution in [3.8, 4) is 0 Å². The van der Waals surface area contributed by atoms with Crippen molar-refractivity contribution in [1.29, 1.82) is 0 Å². The van der Waals surface area contributed by atoms with Gasteiger partial charge in [-0.3, -0.25) is 4.98 Å². The highest BCUT2D eigenvalue weighted by molar-refractivity contribution is 5.28. The van der Waals surface area contributed by atoms with Gasteiger partial charge in [0.05, 0.1) is 0 Å². The van der Waals surface area contributed by atoms with E-state index in [4.69, 9.17) is 0 Å². The van der Waals surface area contributed by atoms with Crippen LogP contribution in [0.2, 0.25) is 0 Å². The first-order chi connectivity index (χ1) is 9.42. The highest BCUT2D eigenvalue weighted by atomic mass is 15.2. The minimum Gasteiger partial charge on any atom is -0.353 e. The van der Waals surface area contributed by atoms with E-state index in [1.807, 2.05) is 30.7 Å². The van der Waals surface area contributed by atoms with Crippen LogP contribution in [0.3, 0.4) is 0 Å². The molecule has 2 aromatic rings. The molecule has 3 rings (SSSR count). The summed E-state index contributed by atoms with van der Waals surface area (Å²) in [5.41, 5.74) is 1.13. The molecule has 0 aliphatic heterocycles. The molecule has 0 saturated heterocycles. The van der Waals surface area contributed by atoms with Gasteiger partial charge in [0, 0.05) is 43.3 Å². The highest BCUT2D eigenvalue weighted by Crippen LogP contribution is 2.21. The number of hydrogen-bond donors (Lipinski definition) is 1. The minimum absolute atomic E-state index is 0.607. The van der Waals surface area contributed by atoms with Gasteiger partial charge in [-0.05, 0) is 25.0 Å². The number of imidazole rings is 1. The molecule has 1 fully saturated rings. The van der Waals surface area contributed by atoms with Crippen LogP contribution in [0.5, 0.6) is 0 Å². The van der Waals surface area contributed by atoms with E-state index in [2.05, 4.69) is 25.9 Å². The van der Waals surface area contributed by atoms with E-state index in [0.29, 0.717) is 6.04 Å². The zero-order chi connectivity index (χ0) is 12.9. The molecule has 0 bridgehead atoms. The average Bonchev–Trinajstić information content (AvgIpc) is 3.10. The quantitative estimate of drug-likeness (QED) is 0.894. The van der Waals surface area contributed by atoms with Crippen molar-refractivity contribution in [3.05, 3.63) is 42.5 Å². The molecule has 4 heteroatoms. The molecule has 0 radical (unpaired) electrons. The van der Waals surface area contributed by atoms with Gasteiger partial charge >= 0.3 is 0 Å². The van der Waals surface area contributed by atoms with E-state index in [1.165, 1.54) is 25.7 Å². The summed E-state index contributed by atoms with van der Waals surface area (Å²) in [7, 11) is 0. The molecule has 19 heavy (non-hydrogen) atoms. The second kappa shape index (κ2) is 5.87. The van der Waals surface area contributed by atoms with Crippen LogP contribution in [0.4, 0.5) is 5.95 Å². The van der Waals surface area contributed by atoms with Crippen molar-refractivity contribution in [2.75, 3.05) is 5.32 Å². The van der Waals surface area contributed by atoms with Crippen LogP contribution in [-0.2, 0) is 13.0 Å². The number of nitrogens with zero attached hydrogens (tertiary/aromatic N) is 3. The van der Waals surface area contributed by atoms with E-state index in [1.54, 1.807) is 0 Å². The highest BCUT2D eigenvalue weighted by Gasteiger charge is 2.16. The number of nitrogens with one attached hydrogen (secondary N) is 1. The third kappa shape index (κ3) is 3.13. The molecule has 0 amide bonds. The molecule has 0 atom stereocenters. The lowest BCUT2D eigenvalue weighted by Crippen LogP contribution is -2.18. The van der Waals surface area contributed by atoms with E-state index in [9.17, 15) is 0 Å². The Kier molecular flexibility index (Phi) is 3.77. The summed E-state index contributed by atoms with van der Waals surface area (Å²) >= 11 is 0. The lowest BCUT2D eigenvalue weighted by molar-refractivity contribution is 0.667. The summed E-state index contributed by atoms with van der Waals surface area (Å²) in [6.45, 7) is 0.923. The SMILES string of the molecule is c1ccc(CCn2ccnc2NC2CCCC2)nc1. The Morgan fingerprint density at radius 2 is 2.05 bits per heavy atom. The molecule has 1 saturated carbocycles. The summed E-state index contributed by atoms with van der Waals surface area (Å²) in [5, 5.41) is 3.56. The van der Waals surface area contributed by atoms with E-state index in [0.717, 1.165) is 24.6 Å². The standard InChI is InChI=1S/C15H20N4/c1-2-7-14(6-1)18-15-17-10-12-19(15)11-8-13-5-3-4-9-16-13/h3-5,9-10,12,14H,1-2,6-8,11H2,(H,17,18). The molecule has 1 aliphatic rings. The fraction of sp³-hybridized carbons (Fsp3) is 0.467. The average molecular weight is 256 g/mol. The summed E-state index contributed by atoms with van der Waals surface area (Å²) in [5.74, 6) is 1.00. The lowest BCUT2D eigenvalue weighted by Gasteiger charge is -2.14. The van der Waals surface area contributed by atoms with Gasteiger partial charge in [-0.15, -0.1) is 0 Å². The maximum atomic E-state index is 4.42. The fourth-order valence-corrected chi connectivity index (χ4v) is 2.66. The Morgan fingerprint density at radius 3 is 2.84 bits per heavy atom. The first-order valence-corrected chi connectivity index (χ1v) is 7.09. The number of anilines is 1. The number of rotatable bonds is 5. The van der Waals surface area contributed by atoms with Gasteiger partial charge < -0.3 is 9.88 Å². The Labute approximate surface area is 113 Å². The molecule has 2 heterocycles. The van der Waals surface area contributed by atoms with Crippen molar-refractivity contribution in [2.24, 2.45) is 0 Å². The summed E-state index contributed by atoms with van der Waals surface area (Å²) in [6, 6.07) is 6.67. The maximum absolute atomic E-state index is 4.42. The zero-order valence-corrected chi connectivity index (χ0v) is 11.1. The van der Waals surface area contributed by atoms with Gasteiger partial charge in [-0.2, -0.15) is 0 Å². The Bertz CT molecular complexity index is 500. The van der Waals surface area contributed by atoms with Crippen LogP contribution < -0.4 is 5.32 Å². The molecule has 0 aromatic carbocycles. The normalized spacial score (nSPS) is 15.8. The van der Waals surface area contributed by atoms with Gasteiger partial charge in [0.15, 0.2) is 0 Å². The van der Waals surface area contributed by atoms with Crippen LogP contribution in [0.15, 0.2) is 36.8 Å². The summed E-state index contributed by atoms with van der Waals surface area (Å²) in [6.07, 6.45) is 11.9. The number of hydrogen-bond acceptors (Lipinski definition) is 3. The number of pyridine rings is 1. The summed E-state index contributed by atoms with van der Waals surface area (Å²) in [4.78, 5) is 8.78. The van der Waals surface area contributed by atoms with Gasteiger partial charge in [-0.25, -0.2) is 4.98 Å². The molecular formula is C15H20N4. The molecule has 1 aliphatic carbocycles. The molecule has 0 unspecified atom stereocenters. The topological polar surface area (TPSA) is 42.7 Å². The van der Waals surface area contributed by atoms with Gasteiger partial charge in [0.2, 0.25) is 5.95 Å². The van der Waals surface area contributed by atoms with Crippen LogP contribution in [-0.4, -0.2) is 20.6 Å². The van der Waals surface area contributed by atoms with Crippen molar-refractivity contribution >= 4 is 5.95 Å². The van der Waals surface area contributed by atoms with Crippen molar-refractivity contribution in [1.82, 2.24) is 14.5 Å². The van der Waals surface area contributed by atoms with Crippen LogP contribution >= 0.6 is 0 Å². The predicted octanol–water partition coefficient (Wildman–Crippen LogP) is 2.88. The second-order valence-electron chi connectivity index (χ2n) is 5.14. The number of aromatic nitrogens is 3. The van der Waals surface area contributed by atoms with Crippen LogP contribution in [0, 0.1) is 0 Å². The van der Waals surface area contributed by atoms with Gasteiger partial charge in [0.1, 0.15) is 0 Å². The first kappa shape index (κ1) is 12.2. The molecule has 1 N–H and O–H groups in total. The lowest BCUT2D eigenvalue weighted by atomic mass is 10.2. The predicted molar refractivity (Wildman–Crippen MR) is 76.0 cm³/mol. The smallest absolute Gasteiger partial charge is 0.202 e. The third-order valence-corrected chi connectivity index (χ3v) is 3.74. The molecule has 4 nitrogen and oxygen atoms in total.